The highest BCUT2D eigenvalue weighted by molar-refractivity contribution is 9.10. The van der Waals surface area contributed by atoms with Crippen molar-refractivity contribution in [3.63, 3.8) is 0 Å². The van der Waals surface area contributed by atoms with E-state index in [0.29, 0.717) is 23.7 Å². The zero-order chi connectivity index (χ0) is 18.1. The van der Waals surface area contributed by atoms with Gasteiger partial charge >= 0.3 is 5.65 Å². The molecule has 3 N–H and O–H groups in total. The van der Waals surface area contributed by atoms with Gasteiger partial charge in [0.2, 0.25) is 11.6 Å². The van der Waals surface area contributed by atoms with Gasteiger partial charge in [-0.1, -0.05) is 4.98 Å². The molecule has 0 fully saturated rings. The molecule has 4 rings (SSSR count). The number of nitrogens with one attached hydrogen (secondary N) is 2. The lowest BCUT2D eigenvalue weighted by molar-refractivity contribution is -0.605. The van der Waals surface area contributed by atoms with E-state index >= 15 is 0 Å². The zero-order valence-electron chi connectivity index (χ0n) is 13.5. The lowest BCUT2D eigenvalue weighted by Gasteiger charge is -2.05. The Labute approximate surface area is 156 Å². The number of aliphatic hydroxyl groups is 1. The third kappa shape index (κ3) is 3.11. The molecular formula is C16H15BrN7O2+. The summed E-state index contributed by atoms with van der Waals surface area (Å²) >= 11 is 3.48. The van der Waals surface area contributed by atoms with Gasteiger partial charge in [-0.25, -0.2) is 10.1 Å². The van der Waals surface area contributed by atoms with Crippen LogP contribution in [-0.2, 0) is 13.2 Å². The van der Waals surface area contributed by atoms with E-state index in [1.807, 2.05) is 12.1 Å². The van der Waals surface area contributed by atoms with E-state index in [2.05, 4.69) is 36.3 Å². The second-order valence-electron chi connectivity index (χ2n) is 5.64. The van der Waals surface area contributed by atoms with Crippen LogP contribution in [0.4, 0.5) is 5.82 Å². The lowest BCUT2D eigenvalue weighted by Crippen LogP contribution is -2.30. The highest BCUT2D eigenvalue weighted by Gasteiger charge is 2.18. The Bertz CT molecular complexity index is 1080. The van der Waals surface area contributed by atoms with E-state index in [1.165, 1.54) is 12.4 Å². The lowest BCUT2D eigenvalue weighted by atomic mass is 10.3. The molecule has 0 saturated carbocycles. The Morgan fingerprint density at radius 3 is 3.08 bits per heavy atom. The number of aromatic nitrogens is 6. The van der Waals surface area contributed by atoms with Crippen LogP contribution in [0.15, 0.2) is 53.8 Å². The highest BCUT2D eigenvalue weighted by atomic mass is 79.9. The highest BCUT2D eigenvalue weighted by Crippen LogP contribution is 2.17. The minimum absolute atomic E-state index is 0.133. The van der Waals surface area contributed by atoms with Gasteiger partial charge in [-0.05, 0) is 22.0 Å². The number of H-pyrrole nitrogens is 1. The maximum Gasteiger partial charge on any atom is 0.303 e. The second kappa shape index (κ2) is 6.73. The molecule has 4 aromatic heterocycles. The number of hydrogen-bond acceptors (Lipinski definition) is 5. The molecule has 4 aromatic rings. The molecule has 0 radical (unpaired) electrons. The summed E-state index contributed by atoms with van der Waals surface area (Å²) in [5.41, 5.74) is 2.10. The van der Waals surface area contributed by atoms with Crippen LogP contribution in [0.5, 0.6) is 0 Å². The summed E-state index contributed by atoms with van der Waals surface area (Å²) in [6.45, 7) is 0.337. The van der Waals surface area contributed by atoms with Crippen molar-refractivity contribution < 1.29 is 14.4 Å². The molecule has 0 unspecified atom stereocenters. The van der Waals surface area contributed by atoms with Gasteiger partial charge in [0.15, 0.2) is 12.4 Å². The zero-order valence-corrected chi connectivity index (χ0v) is 15.1. The Kier molecular flexibility index (Phi) is 4.27. The number of hydrogen-bond donors (Lipinski definition) is 3. The van der Waals surface area contributed by atoms with E-state index in [1.54, 1.807) is 33.9 Å². The van der Waals surface area contributed by atoms with Gasteiger partial charge < -0.3 is 10.3 Å². The molecule has 0 bridgehead atoms. The number of imidazole rings is 1. The minimum atomic E-state index is -0.133. The number of fused-ring (bicyclic) bond motifs is 1. The quantitative estimate of drug-likeness (QED) is 0.329. The maximum atomic E-state index is 11.4. The number of pyridine rings is 1. The first kappa shape index (κ1) is 16.5. The van der Waals surface area contributed by atoms with Crippen molar-refractivity contribution >= 4 is 27.4 Å². The normalized spacial score (nSPS) is 11.2. The van der Waals surface area contributed by atoms with Crippen molar-refractivity contribution in [2.45, 2.75) is 13.2 Å². The molecule has 0 aromatic carbocycles. The number of aliphatic hydroxyl groups excluding tert-OH is 1. The van der Waals surface area contributed by atoms with Crippen molar-refractivity contribution in [3.8, 4) is 5.82 Å². The summed E-state index contributed by atoms with van der Waals surface area (Å²) in [4.78, 5) is 8.74. The minimum Gasteiger partial charge on any atom is -0.619 e. The van der Waals surface area contributed by atoms with Gasteiger partial charge in [0, 0.05) is 12.3 Å². The fourth-order valence-corrected chi connectivity index (χ4v) is 2.97. The molecule has 0 aliphatic rings. The number of aromatic amines is 1. The van der Waals surface area contributed by atoms with E-state index < -0.39 is 0 Å². The van der Waals surface area contributed by atoms with Crippen molar-refractivity contribution in [3.05, 3.63) is 70.3 Å². The van der Waals surface area contributed by atoms with Crippen LogP contribution in [0, 0.1) is 5.21 Å². The van der Waals surface area contributed by atoms with Gasteiger partial charge in [0.05, 0.1) is 36.7 Å². The molecule has 10 heteroatoms. The molecule has 0 amide bonds. The molecule has 4 heterocycles. The number of halogens is 1. The molecule has 26 heavy (non-hydrogen) atoms. The fraction of sp³-hybridized carbons (Fsp3) is 0.125. The van der Waals surface area contributed by atoms with Gasteiger partial charge in [0.1, 0.15) is 10.8 Å². The largest absolute Gasteiger partial charge is 0.619 e. The fourth-order valence-electron chi connectivity index (χ4n) is 2.60. The monoisotopic (exact) mass is 416 g/mol. The molecule has 132 valence electrons. The standard InChI is InChI=1S/C16H14BrN7O2/c17-13-6-20-24-14(18-5-11-2-1-3-23(26)7-11)4-15(21-16(13)24)22-8-12(9-25)19-10-22/h1-4,6-8,10,25H,5,9H2,(H,18,20,21)/p+1. The molecule has 0 spiro atoms. The van der Waals surface area contributed by atoms with Crippen LogP contribution in [0.1, 0.15) is 11.3 Å². The molecule has 0 atom stereocenters. The van der Waals surface area contributed by atoms with E-state index in [0.717, 1.165) is 20.6 Å². The molecular weight excluding hydrogens is 402 g/mol. The van der Waals surface area contributed by atoms with Crippen LogP contribution in [-0.4, -0.2) is 24.7 Å². The average molecular weight is 417 g/mol. The first-order valence-corrected chi connectivity index (χ1v) is 8.59. The molecule has 0 aliphatic carbocycles. The molecule has 0 aliphatic heterocycles. The van der Waals surface area contributed by atoms with Crippen LogP contribution in [0.25, 0.3) is 11.5 Å². The molecule has 9 nitrogen and oxygen atoms in total. The van der Waals surface area contributed by atoms with Crippen molar-refractivity contribution in [1.29, 1.82) is 0 Å². The van der Waals surface area contributed by atoms with Crippen molar-refractivity contribution in [2.24, 2.45) is 0 Å². The number of anilines is 1. The Morgan fingerprint density at radius 1 is 1.42 bits per heavy atom. The number of nitrogens with zero attached hydrogens (tertiary/aromatic N) is 5. The van der Waals surface area contributed by atoms with Gasteiger partial charge in [-0.15, -0.1) is 4.52 Å². The summed E-state index contributed by atoms with van der Waals surface area (Å²) in [7, 11) is 0. The van der Waals surface area contributed by atoms with Crippen molar-refractivity contribution in [1.82, 2.24) is 19.6 Å². The van der Waals surface area contributed by atoms with Gasteiger partial charge in [0.25, 0.3) is 0 Å². The van der Waals surface area contributed by atoms with Crippen LogP contribution < -0.4 is 14.6 Å². The smallest absolute Gasteiger partial charge is 0.303 e. The first-order valence-electron chi connectivity index (χ1n) is 7.79. The summed E-state index contributed by atoms with van der Waals surface area (Å²) < 4.78 is 5.11. The van der Waals surface area contributed by atoms with Gasteiger partial charge in [-0.3, -0.25) is 9.88 Å². The predicted octanol–water partition coefficient (Wildman–Crippen LogP) is 0.834. The second-order valence-corrected chi connectivity index (χ2v) is 6.49. The summed E-state index contributed by atoms with van der Waals surface area (Å²) in [5, 5.41) is 27.1. The maximum absolute atomic E-state index is 11.4. The van der Waals surface area contributed by atoms with E-state index in [-0.39, 0.29) is 6.61 Å². The van der Waals surface area contributed by atoms with Gasteiger partial charge in [-0.2, -0.15) is 4.73 Å². The van der Waals surface area contributed by atoms with E-state index in [4.69, 9.17) is 0 Å². The predicted molar refractivity (Wildman–Crippen MR) is 95.2 cm³/mol. The molecule has 0 saturated heterocycles. The third-order valence-electron chi connectivity index (χ3n) is 3.85. The van der Waals surface area contributed by atoms with Crippen molar-refractivity contribution in [2.75, 3.05) is 5.32 Å². The average Bonchev–Trinajstić information content (AvgIpc) is 3.27. The topological polar surface area (TPSA) is 110 Å². The Morgan fingerprint density at radius 2 is 2.31 bits per heavy atom. The summed E-state index contributed by atoms with van der Waals surface area (Å²) in [6, 6.07) is 5.43. The third-order valence-corrected chi connectivity index (χ3v) is 4.43. The van der Waals surface area contributed by atoms with Crippen LogP contribution in [0.2, 0.25) is 0 Å². The van der Waals surface area contributed by atoms with E-state index in [9.17, 15) is 10.3 Å². The van der Waals surface area contributed by atoms with Crippen LogP contribution >= 0.6 is 15.9 Å². The summed E-state index contributed by atoms with van der Waals surface area (Å²) in [5.74, 6) is 1.41. The van der Waals surface area contributed by atoms with Crippen LogP contribution in [0.3, 0.4) is 0 Å². The first-order chi connectivity index (χ1) is 12.6. The Hall–Kier alpha value is -2.98. The Balaban J connectivity index is 1.72. The summed E-state index contributed by atoms with van der Waals surface area (Å²) in [6.07, 6.45) is 8.08. The number of rotatable bonds is 5. The SMILES string of the molecule is [O-][n+]1cccc(CNc2cc(-n3cnc(CO)c3)nc3c(Br)c[nH][n+]23)c1.